The predicted octanol–water partition coefficient (Wildman–Crippen LogP) is 3.40. The molecule has 0 bridgehead atoms. The fraction of sp³-hybridized carbons (Fsp3) is 0.850. The monoisotopic (exact) mass is 385 g/mol. The molecule has 0 saturated carbocycles. The Morgan fingerprint density at radius 1 is 0.852 bits per heavy atom. The van der Waals surface area contributed by atoms with Crippen molar-refractivity contribution in [3.05, 3.63) is 0 Å². The van der Waals surface area contributed by atoms with E-state index in [2.05, 4.69) is 24.5 Å². The number of hydrogen-bond acceptors (Lipinski definition) is 4. The van der Waals surface area contributed by atoms with E-state index < -0.39 is 12.1 Å². The minimum atomic E-state index is -0.961. The first-order valence-corrected chi connectivity index (χ1v) is 10.5. The minimum Gasteiger partial charge on any atom is -0.447 e. The molecule has 0 aromatic rings. The maximum Gasteiger partial charge on any atom is 0.404 e. The molecule has 0 saturated heterocycles. The Bertz CT molecular complexity index is 416. The van der Waals surface area contributed by atoms with Gasteiger partial charge in [0.15, 0.2) is 0 Å². The largest absolute Gasteiger partial charge is 0.447 e. The van der Waals surface area contributed by atoms with E-state index in [9.17, 15) is 14.4 Å². The van der Waals surface area contributed by atoms with E-state index in [4.69, 9.17) is 10.5 Å². The van der Waals surface area contributed by atoms with E-state index in [-0.39, 0.29) is 18.4 Å². The van der Waals surface area contributed by atoms with Crippen LogP contribution in [0.3, 0.4) is 0 Å². The third-order valence-corrected chi connectivity index (χ3v) is 4.38. The SMILES string of the molecule is CCCCCCCCCC(=O)NC(COC(N)=O)C(=O)NCCCCCC. The van der Waals surface area contributed by atoms with Gasteiger partial charge in [-0.15, -0.1) is 0 Å². The molecule has 0 spiro atoms. The Balaban J connectivity index is 4.15. The molecule has 0 aliphatic heterocycles. The van der Waals surface area contributed by atoms with Gasteiger partial charge in [-0.1, -0.05) is 71.6 Å². The number of nitrogens with two attached hydrogens (primary N) is 1. The lowest BCUT2D eigenvalue weighted by atomic mass is 10.1. The van der Waals surface area contributed by atoms with Gasteiger partial charge in [-0.25, -0.2) is 4.79 Å². The molecular formula is C20H39N3O4. The second-order valence-electron chi connectivity index (χ2n) is 6.97. The zero-order valence-corrected chi connectivity index (χ0v) is 17.2. The molecule has 0 aromatic carbocycles. The molecule has 0 rings (SSSR count). The van der Waals surface area contributed by atoms with Crippen molar-refractivity contribution in [3.63, 3.8) is 0 Å². The molecule has 3 amide bonds. The van der Waals surface area contributed by atoms with E-state index in [1.165, 1.54) is 25.7 Å². The molecule has 0 aliphatic carbocycles. The van der Waals surface area contributed by atoms with Crippen LogP contribution in [0.15, 0.2) is 0 Å². The number of carbonyl (C=O) groups is 3. The zero-order chi connectivity index (χ0) is 20.3. The zero-order valence-electron chi connectivity index (χ0n) is 17.2. The third-order valence-electron chi connectivity index (χ3n) is 4.38. The summed E-state index contributed by atoms with van der Waals surface area (Å²) < 4.78 is 4.71. The van der Waals surface area contributed by atoms with Gasteiger partial charge in [0, 0.05) is 13.0 Å². The van der Waals surface area contributed by atoms with E-state index in [1.54, 1.807) is 0 Å². The van der Waals surface area contributed by atoms with Gasteiger partial charge in [0.25, 0.3) is 0 Å². The Morgan fingerprint density at radius 3 is 2.00 bits per heavy atom. The normalized spacial score (nSPS) is 11.6. The van der Waals surface area contributed by atoms with Gasteiger partial charge in [0.05, 0.1) is 0 Å². The summed E-state index contributed by atoms with van der Waals surface area (Å²) in [6.45, 7) is 4.60. The van der Waals surface area contributed by atoms with Crippen LogP contribution in [0.1, 0.15) is 90.9 Å². The van der Waals surface area contributed by atoms with Crippen LogP contribution in [-0.2, 0) is 14.3 Å². The number of amides is 3. The second kappa shape index (κ2) is 17.6. The van der Waals surface area contributed by atoms with E-state index >= 15 is 0 Å². The number of rotatable bonds is 17. The van der Waals surface area contributed by atoms with E-state index in [0.717, 1.165) is 44.9 Å². The summed E-state index contributed by atoms with van der Waals surface area (Å²) in [5.41, 5.74) is 4.97. The molecular weight excluding hydrogens is 346 g/mol. The van der Waals surface area contributed by atoms with Gasteiger partial charge < -0.3 is 21.1 Å². The van der Waals surface area contributed by atoms with Crippen LogP contribution >= 0.6 is 0 Å². The molecule has 0 radical (unpaired) electrons. The number of primary amides is 1. The van der Waals surface area contributed by atoms with Crippen molar-refractivity contribution in [2.75, 3.05) is 13.2 Å². The van der Waals surface area contributed by atoms with Gasteiger partial charge in [0.1, 0.15) is 12.6 Å². The lowest BCUT2D eigenvalue weighted by Crippen LogP contribution is -2.50. The molecule has 27 heavy (non-hydrogen) atoms. The summed E-state index contributed by atoms with van der Waals surface area (Å²) in [7, 11) is 0. The number of unbranched alkanes of at least 4 members (excludes halogenated alkanes) is 9. The van der Waals surface area contributed by atoms with E-state index in [1.807, 2.05) is 0 Å². The van der Waals surface area contributed by atoms with Gasteiger partial charge in [-0.2, -0.15) is 0 Å². The van der Waals surface area contributed by atoms with Crippen LogP contribution in [0.2, 0.25) is 0 Å². The lowest BCUT2D eigenvalue weighted by molar-refractivity contribution is -0.130. The average molecular weight is 386 g/mol. The molecule has 0 aliphatic rings. The Labute approximate surface area is 164 Å². The van der Waals surface area contributed by atoms with Gasteiger partial charge in [-0.05, 0) is 12.8 Å². The molecule has 0 heterocycles. The number of ether oxygens (including phenoxy) is 1. The van der Waals surface area contributed by atoms with Crippen molar-refractivity contribution in [1.82, 2.24) is 10.6 Å². The van der Waals surface area contributed by atoms with Crippen LogP contribution < -0.4 is 16.4 Å². The van der Waals surface area contributed by atoms with Crippen LogP contribution in [0, 0.1) is 0 Å². The maximum absolute atomic E-state index is 12.2. The number of carbonyl (C=O) groups excluding carboxylic acids is 3. The predicted molar refractivity (Wildman–Crippen MR) is 107 cm³/mol. The summed E-state index contributed by atoms with van der Waals surface area (Å²) in [6.07, 6.45) is 11.4. The molecule has 0 aromatic heterocycles. The first kappa shape index (κ1) is 25.2. The quantitative estimate of drug-likeness (QED) is 0.333. The fourth-order valence-electron chi connectivity index (χ4n) is 2.74. The second-order valence-corrected chi connectivity index (χ2v) is 6.97. The summed E-state index contributed by atoms with van der Waals surface area (Å²) in [4.78, 5) is 35.2. The van der Waals surface area contributed by atoms with Crippen molar-refractivity contribution in [2.45, 2.75) is 96.9 Å². The van der Waals surface area contributed by atoms with Gasteiger partial charge in [0.2, 0.25) is 11.8 Å². The average Bonchev–Trinajstić information content (AvgIpc) is 2.63. The molecule has 158 valence electrons. The first-order chi connectivity index (χ1) is 13.0. The highest BCUT2D eigenvalue weighted by Crippen LogP contribution is 2.08. The molecule has 4 N–H and O–H groups in total. The molecule has 7 nitrogen and oxygen atoms in total. The summed E-state index contributed by atoms with van der Waals surface area (Å²) in [6, 6.07) is -0.902. The first-order valence-electron chi connectivity index (χ1n) is 10.5. The summed E-state index contributed by atoms with van der Waals surface area (Å²) in [5.74, 6) is -0.552. The maximum atomic E-state index is 12.2. The number of hydrogen-bond donors (Lipinski definition) is 3. The van der Waals surface area contributed by atoms with Crippen molar-refractivity contribution < 1.29 is 19.1 Å². The lowest BCUT2D eigenvalue weighted by Gasteiger charge is -2.18. The topological polar surface area (TPSA) is 111 Å². The van der Waals surface area contributed by atoms with Crippen LogP contribution in [-0.4, -0.2) is 37.1 Å². The Hall–Kier alpha value is -1.79. The highest BCUT2D eigenvalue weighted by atomic mass is 16.5. The third kappa shape index (κ3) is 16.1. The smallest absolute Gasteiger partial charge is 0.404 e. The highest BCUT2D eigenvalue weighted by Gasteiger charge is 2.21. The minimum absolute atomic E-state index is 0.206. The van der Waals surface area contributed by atoms with Crippen LogP contribution in [0.25, 0.3) is 0 Å². The fourth-order valence-corrected chi connectivity index (χ4v) is 2.74. The van der Waals surface area contributed by atoms with Gasteiger partial charge >= 0.3 is 6.09 Å². The summed E-state index contributed by atoms with van der Waals surface area (Å²) >= 11 is 0. The number of nitrogens with one attached hydrogen (secondary N) is 2. The van der Waals surface area contributed by atoms with Crippen molar-refractivity contribution >= 4 is 17.9 Å². The molecule has 1 unspecified atom stereocenters. The standard InChI is InChI=1S/C20H39N3O4/c1-3-5-7-9-10-11-12-14-18(24)23-17(16-27-20(21)26)19(25)22-15-13-8-6-4-2/h17H,3-16H2,1-2H3,(H2,21,26)(H,22,25)(H,23,24). The van der Waals surface area contributed by atoms with Crippen LogP contribution in [0.4, 0.5) is 4.79 Å². The molecule has 0 fully saturated rings. The van der Waals surface area contributed by atoms with Crippen LogP contribution in [0.5, 0.6) is 0 Å². The van der Waals surface area contributed by atoms with E-state index in [0.29, 0.717) is 13.0 Å². The van der Waals surface area contributed by atoms with Crippen molar-refractivity contribution in [3.8, 4) is 0 Å². The Morgan fingerprint density at radius 2 is 1.41 bits per heavy atom. The van der Waals surface area contributed by atoms with Gasteiger partial charge in [-0.3, -0.25) is 9.59 Å². The Kier molecular flexibility index (Phi) is 16.4. The highest BCUT2D eigenvalue weighted by molar-refractivity contribution is 5.87. The van der Waals surface area contributed by atoms with Crippen molar-refractivity contribution in [1.29, 1.82) is 0 Å². The van der Waals surface area contributed by atoms with Crippen molar-refractivity contribution in [2.24, 2.45) is 5.73 Å². The summed E-state index contributed by atoms with van der Waals surface area (Å²) in [5, 5.41) is 5.43. The molecule has 1 atom stereocenters. The molecule has 7 heteroatoms.